The fraction of sp³-hybridized carbons (Fsp3) is 0.600. The fourth-order valence-corrected chi connectivity index (χ4v) is 2.72. The van der Waals surface area contributed by atoms with Crippen molar-refractivity contribution in [1.29, 1.82) is 0 Å². The van der Waals surface area contributed by atoms with Gasteiger partial charge < -0.3 is 10.4 Å². The number of nitrogens with one attached hydrogen (secondary N) is 1. The van der Waals surface area contributed by atoms with E-state index in [-0.39, 0.29) is 5.82 Å². The Balaban J connectivity index is 1.85. The number of hydrogen-bond acceptors (Lipinski definition) is 2. The van der Waals surface area contributed by atoms with Crippen LogP contribution in [0.3, 0.4) is 0 Å². The van der Waals surface area contributed by atoms with Crippen molar-refractivity contribution >= 4 is 0 Å². The number of aliphatic hydroxyl groups excluding tert-OH is 1. The predicted octanol–water partition coefficient (Wildman–Crippen LogP) is 2.77. The van der Waals surface area contributed by atoms with Crippen LogP contribution in [0.25, 0.3) is 0 Å². The summed E-state index contributed by atoms with van der Waals surface area (Å²) in [6.45, 7) is 2.87. The van der Waals surface area contributed by atoms with Gasteiger partial charge in [-0.15, -0.1) is 0 Å². The predicted molar refractivity (Wildman–Crippen MR) is 70.8 cm³/mol. The number of halogens is 1. The Hall–Kier alpha value is -0.930. The number of rotatable bonds is 4. The highest BCUT2D eigenvalue weighted by Gasteiger charge is 2.20. The van der Waals surface area contributed by atoms with Gasteiger partial charge in [-0.1, -0.05) is 18.6 Å². The molecule has 0 aliphatic heterocycles. The third-order valence-corrected chi connectivity index (χ3v) is 3.86. The third kappa shape index (κ3) is 3.53. The van der Waals surface area contributed by atoms with Gasteiger partial charge in [-0.3, -0.25) is 0 Å². The molecule has 0 spiro atoms. The minimum Gasteiger partial charge on any atom is -0.396 e. The molecule has 1 fully saturated rings. The van der Waals surface area contributed by atoms with Crippen molar-refractivity contribution in [1.82, 2.24) is 5.32 Å². The van der Waals surface area contributed by atoms with E-state index in [9.17, 15) is 9.50 Å². The van der Waals surface area contributed by atoms with E-state index in [0.29, 0.717) is 24.1 Å². The second-order valence-corrected chi connectivity index (χ2v) is 5.38. The van der Waals surface area contributed by atoms with Gasteiger partial charge in [-0.05, 0) is 49.3 Å². The van der Waals surface area contributed by atoms with E-state index in [1.165, 1.54) is 18.9 Å². The molecule has 0 saturated heterocycles. The van der Waals surface area contributed by atoms with Crippen molar-refractivity contribution in [2.24, 2.45) is 5.92 Å². The average molecular weight is 251 g/mol. The largest absolute Gasteiger partial charge is 0.396 e. The smallest absolute Gasteiger partial charge is 0.126 e. The van der Waals surface area contributed by atoms with Gasteiger partial charge in [-0.25, -0.2) is 4.39 Å². The summed E-state index contributed by atoms with van der Waals surface area (Å²) in [5.41, 5.74) is 1.83. The van der Waals surface area contributed by atoms with Gasteiger partial charge in [0.25, 0.3) is 0 Å². The molecule has 100 valence electrons. The first-order valence-corrected chi connectivity index (χ1v) is 6.78. The zero-order valence-corrected chi connectivity index (χ0v) is 11.0. The van der Waals surface area contributed by atoms with Crippen molar-refractivity contribution in [3.63, 3.8) is 0 Å². The van der Waals surface area contributed by atoms with Crippen LogP contribution >= 0.6 is 0 Å². The van der Waals surface area contributed by atoms with E-state index >= 15 is 0 Å². The van der Waals surface area contributed by atoms with Crippen LogP contribution < -0.4 is 5.32 Å². The topological polar surface area (TPSA) is 32.3 Å². The quantitative estimate of drug-likeness (QED) is 0.862. The van der Waals surface area contributed by atoms with Crippen LogP contribution in [-0.4, -0.2) is 17.8 Å². The van der Waals surface area contributed by atoms with E-state index in [1.54, 1.807) is 6.92 Å². The van der Waals surface area contributed by atoms with Gasteiger partial charge >= 0.3 is 0 Å². The van der Waals surface area contributed by atoms with Crippen LogP contribution in [0.5, 0.6) is 0 Å². The Kier molecular flexibility index (Phi) is 4.72. The van der Waals surface area contributed by atoms with Gasteiger partial charge in [-0.2, -0.15) is 0 Å². The highest BCUT2D eigenvalue weighted by molar-refractivity contribution is 5.23. The molecule has 2 N–H and O–H groups in total. The highest BCUT2D eigenvalue weighted by Crippen LogP contribution is 2.24. The second-order valence-electron chi connectivity index (χ2n) is 5.38. The van der Waals surface area contributed by atoms with Crippen LogP contribution in [0.4, 0.5) is 4.39 Å². The lowest BCUT2D eigenvalue weighted by Gasteiger charge is -2.28. The summed E-state index contributed by atoms with van der Waals surface area (Å²) in [4.78, 5) is 0. The number of aliphatic hydroxyl groups is 1. The molecule has 2 unspecified atom stereocenters. The van der Waals surface area contributed by atoms with Crippen LogP contribution in [0, 0.1) is 18.7 Å². The molecule has 1 aliphatic carbocycles. The molecule has 1 aromatic carbocycles. The Bertz CT molecular complexity index is 394. The molecule has 2 nitrogen and oxygen atoms in total. The maximum Gasteiger partial charge on any atom is 0.126 e. The minimum atomic E-state index is -0.142. The Labute approximate surface area is 108 Å². The van der Waals surface area contributed by atoms with Crippen LogP contribution in [0.15, 0.2) is 18.2 Å². The zero-order valence-electron chi connectivity index (χ0n) is 11.0. The van der Waals surface area contributed by atoms with Gasteiger partial charge in [0.15, 0.2) is 0 Å². The molecule has 0 aromatic heterocycles. The van der Waals surface area contributed by atoms with Crippen molar-refractivity contribution in [2.45, 2.75) is 45.2 Å². The number of benzene rings is 1. The monoisotopic (exact) mass is 251 g/mol. The van der Waals surface area contributed by atoms with Gasteiger partial charge in [0.05, 0.1) is 0 Å². The fourth-order valence-electron chi connectivity index (χ4n) is 2.72. The number of hydrogen-bond donors (Lipinski definition) is 2. The molecule has 0 radical (unpaired) electrons. The molecular weight excluding hydrogens is 229 g/mol. The third-order valence-electron chi connectivity index (χ3n) is 3.86. The maximum absolute atomic E-state index is 13.1. The normalized spacial score (nSPS) is 24.2. The van der Waals surface area contributed by atoms with Crippen molar-refractivity contribution < 1.29 is 9.50 Å². The van der Waals surface area contributed by atoms with E-state index in [0.717, 1.165) is 24.9 Å². The molecule has 2 rings (SSSR count). The molecule has 0 bridgehead atoms. The molecule has 3 heteroatoms. The maximum atomic E-state index is 13.1. The van der Waals surface area contributed by atoms with Gasteiger partial charge in [0.2, 0.25) is 0 Å². The standard InChI is InChI=1S/C15H22FNO/c1-11-7-12(5-6-15(11)16)9-17-14-4-2-3-13(8-14)10-18/h5-7,13-14,17-18H,2-4,8-10H2,1H3. The van der Waals surface area contributed by atoms with E-state index in [4.69, 9.17) is 0 Å². The molecule has 1 saturated carbocycles. The lowest BCUT2D eigenvalue weighted by atomic mass is 9.86. The summed E-state index contributed by atoms with van der Waals surface area (Å²) in [7, 11) is 0. The molecule has 2 atom stereocenters. The van der Waals surface area contributed by atoms with E-state index < -0.39 is 0 Å². The van der Waals surface area contributed by atoms with Gasteiger partial charge in [0.1, 0.15) is 5.82 Å². The van der Waals surface area contributed by atoms with Crippen LogP contribution in [0.2, 0.25) is 0 Å². The summed E-state index contributed by atoms with van der Waals surface area (Å²) >= 11 is 0. The van der Waals surface area contributed by atoms with E-state index in [1.807, 2.05) is 12.1 Å². The minimum absolute atomic E-state index is 0.142. The summed E-state index contributed by atoms with van der Waals surface area (Å²) in [5, 5.41) is 12.7. The molecule has 1 aromatic rings. The Morgan fingerprint density at radius 1 is 1.39 bits per heavy atom. The lowest BCUT2D eigenvalue weighted by molar-refractivity contribution is 0.170. The zero-order chi connectivity index (χ0) is 13.0. The van der Waals surface area contributed by atoms with E-state index in [2.05, 4.69) is 5.32 Å². The molecule has 1 aliphatic rings. The molecular formula is C15H22FNO. The van der Waals surface area contributed by atoms with Crippen LogP contribution in [-0.2, 0) is 6.54 Å². The molecule has 0 heterocycles. The molecule has 0 amide bonds. The first kappa shape index (κ1) is 13.5. The first-order chi connectivity index (χ1) is 8.69. The summed E-state index contributed by atoms with van der Waals surface area (Å²) < 4.78 is 13.1. The SMILES string of the molecule is Cc1cc(CNC2CCCC(CO)C2)ccc1F. The van der Waals surface area contributed by atoms with Crippen molar-refractivity contribution in [3.05, 3.63) is 35.1 Å². The summed E-state index contributed by atoms with van der Waals surface area (Å²) in [6.07, 6.45) is 4.56. The summed E-state index contributed by atoms with van der Waals surface area (Å²) in [5.74, 6) is 0.308. The number of aryl methyl sites for hydroxylation is 1. The van der Waals surface area contributed by atoms with Crippen LogP contribution in [0.1, 0.15) is 36.8 Å². The second kappa shape index (κ2) is 6.30. The summed E-state index contributed by atoms with van der Waals surface area (Å²) in [6, 6.07) is 5.75. The van der Waals surface area contributed by atoms with Gasteiger partial charge in [0, 0.05) is 19.2 Å². The molecule has 18 heavy (non-hydrogen) atoms. The Morgan fingerprint density at radius 2 is 2.22 bits per heavy atom. The Morgan fingerprint density at radius 3 is 2.94 bits per heavy atom. The lowest BCUT2D eigenvalue weighted by Crippen LogP contribution is -2.34. The van der Waals surface area contributed by atoms with Crippen molar-refractivity contribution in [3.8, 4) is 0 Å². The first-order valence-electron chi connectivity index (χ1n) is 6.78. The highest BCUT2D eigenvalue weighted by atomic mass is 19.1. The average Bonchev–Trinajstić information content (AvgIpc) is 2.40. The van der Waals surface area contributed by atoms with Crippen molar-refractivity contribution in [2.75, 3.05) is 6.61 Å².